The van der Waals surface area contributed by atoms with Crippen LogP contribution < -0.4 is 0 Å². The lowest BCUT2D eigenvalue weighted by Crippen LogP contribution is -2.43. The monoisotopic (exact) mass is 334 g/mol. The zero-order chi connectivity index (χ0) is 18.5. The Morgan fingerprint density at radius 2 is 1.71 bits per heavy atom. The van der Waals surface area contributed by atoms with Gasteiger partial charge in [-0.25, -0.2) is 0 Å². The van der Waals surface area contributed by atoms with Gasteiger partial charge in [-0.1, -0.05) is 26.0 Å². The molecule has 1 rings (SSSR count). The number of hydrogen-bond donors (Lipinski definition) is 0. The van der Waals surface area contributed by atoms with Crippen molar-refractivity contribution in [3.05, 3.63) is 34.9 Å². The van der Waals surface area contributed by atoms with Gasteiger partial charge in [-0.15, -0.1) is 0 Å². The first-order chi connectivity index (χ1) is 11.1. The second kappa shape index (κ2) is 8.08. The van der Waals surface area contributed by atoms with Crippen molar-refractivity contribution < 1.29 is 23.9 Å². The summed E-state index contributed by atoms with van der Waals surface area (Å²) in [7, 11) is 0. The van der Waals surface area contributed by atoms with Gasteiger partial charge in [-0.05, 0) is 48.5 Å². The number of carbonyl (C=O) groups excluding carboxylic acids is 3. The third-order valence-corrected chi connectivity index (χ3v) is 4.08. The third-order valence-electron chi connectivity index (χ3n) is 4.08. The highest BCUT2D eigenvalue weighted by molar-refractivity contribution is 5.68. The maximum absolute atomic E-state index is 11.5. The van der Waals surface area contributed by atoms with E-state index < -0.39 is 24.1 Å². The van der Waals surface area contributed by atoms with Crippen molar-refractivity contribution in [2.75, 3.05) is 0 Å². The van der Waals surface area contributed by atoms with Crippen molar-refractivity contribution in [2.24, 2.45) is 5.41 Å². The SMILES string of the molecule is CC(=O)O[C@H]1CC(C)(C)C(/C=C/C(C)=C/C=O)=C(C)[C@H]1OC(C)=O. The molecule has 0 fully saturated rings. The Hall–Kier alpha value is -2.17. The highest BCUT2D eigenvalue weighted by atomic mass is 16.6. The molecule has 0 amide bonds. The predicted octanol–water partition coefficient (Wildman–Crippen LogP) is 3.30. The van der Waals surface area contributed by atoms with E-state index in [-0.39, 0.29) is 5.41 Å². The molecule has 24 heavy (non-hydrogen) atoms. The number of allylic oxidation sites excluding steroid dienone is 5. The molecule has 1 aliphatic rings. The van der Waals surface area contributed by atoms with Crippen LogP contribution in [0.1, 0.15) is 48.0 Å². The van der Waals surface area contributed by atoms with Crippen LogP contribution in [0.2, 0.25) is 0 Å². The number of esters is 2. The van der Waals surface area contributed by atoms with Gasteiger partial charge in [0.1, 0.15) is 12.4 Å². The molecule has 0 radical (unpaired) electrons. The molecule has 5 nitrogen and oxygen atoms in total. The number of hydrogen-bond acceptors (Lipinski definition) is 5. The summed E-state index contributed by atoms with van der Waals surface area (Å²) in [6.07, 6.45) is 5.44. The maximum Gasteiger partial charge on any atom is 0.303 e. The molecule has 2 atom stereocenters. The molecule has 0 heterocycles. The van der Waals surface area contributed by atoms with Crippen LogP contribution in [-0.4, -0.2) is 30.4 Å². The van der Waals surface area contributed by atoms with Crippen molar-refractivity contribution in [2.45, 2.75) is 60.2 Å². The van der Waals surface area contributed by atoms with Crippen molar-refractivity contribution in [1.82, 2.24) is 0 Å². The Morgan fingerprint density at radius 3 is 2.21 bits per heavy atom. The van der Waals surface area contributed by atoms with E-state index in [4.69, 9.17) is 9.47 Å². The molecule has 0 N–H and O–H groups in total. The lowest BCUT2D eigenvalue weighted by Gasteiger charge is -2.41. The smallest absolute Gasteiger partial charge is 0.303 e. The highest BCUT2D eigenvalue weighted by Gasteiger charge is 2.42. The highest BCUT2D eigenvalue weighted by Crippen LogP contribution is 2.43. The summed E-state index contributed by atoms with van der Waals surface area (Å²) in [4.78, 5) is 33.4. The first-order valence-electron chi connectivity index (χ1n) is 7.94. The van der Waals surface area contributed by atoms with E-state index in [1.807, 2.05) is 26.0 Å². The summed E-state index contributed by atoms with van der Waals surface area (Å²) < 4.78 is 10.8. The Balaban J connectivity index is 3.31. The minimum absolute atomic E-state index is 0.265. The number of carbonyl (C=O) groups is 3. The molecule has 132 valence electrons. The van der Waals surface area contributed by atoms with Gasteiger partial charge in [0.15, 0.2) is 6.10 Å². The van der Waals surface area contributed by atoms with E-state index in [1.165, 1.54) is 19.9 Å². The number of rotatable bonds is 5. The lowest BCUT2D eigenvalue weighted by atomic mass is 9.70. The van der Waals surface area contributed by atoms with Crippen molar-refractivity contribution in [3.63, 3.8) is 0 Å². The summed E-state index contributed by atoms with van der Waals surface area (Å²) in [6.45, 7) is 10.5. The fourth-order valence-corrected chi connectivity index (χ4v) is 3.08. The minimum Gasteiger partial charge on any atom is -0.458 e. The molecular weight excluding hydrogens is 308 g/mol. The van der Waals surface area contributed by atoms with Gasteiger partial charge in [-0.3, -0.25) is 14.4 Å². The van der Waals surface area contributed by atoms with Gasteiger partial charge in [0.2, 0.25) is 0 Å². The van der Waals surface area contributed by atoms with Gasteiger partial charge in [-0.2, -0.15) is 0 Å². The minimum atomic E-state index is -0.602. The molecule has 0 aromatic rings. The lowest BCUT2D eigenvalue weighted by molar-refractivity contribution is -0.165. The second-order valence-electron chi connectivity index (χ2n) is 6.74. The van der Waals surface area contributed by atoms with E-state index in [0.29, 0.717) is 6.42 Å². The average molecular weight is 334 g/mol. The van der Waals surface area contributed by atoms with Crippen LogP contribution in [0.5, 0.6) is 0 Å². The van der Waals surface area contributed by atoms with Gasteiger partial charge in [0, 0.05) is 13.8 Å². The van der Waals surface area contributed by atoms with Crippen LogP contribution in [0.25, 0.3) is 0 Å². The predicted molar refractivity (Wildman–Crippen MR) is 91.2 cm³/mol. The molecule has 0 aromatic heterocycles. The molecular formula is C19H26O5. The van der Waals surface area contributed by atoms with Crippen LogP contribution in [0.4, 0.5) is 0 Å². The molecule has 5 heteroatoms. The number of aldehydes is 1. The quantitative estimate of drug-likeness (QED) is 0.334. The molecule has 0 saturated heterocycles. The van der Waals surface area contributed by atoms with Gasteiger partial charge >= 0.3 is 11.9 Å². The summed E-state index contributed by atoms with van der Waals surface area (Å²) in [5.74, 6) is -0.818. The molecule has 0 saturated carbocycles. The van der Waals surface area contributed by atoms with Crippen LogP contribution >= 0.6 is 0 Å². The van der Waals surface area contributed by atoms with Crippen LogP contribution in [0.15, 0.2) is 34.9 Å². The maximum atomic E-state index is 11.5. The topological polar surface area (TPSA) is 69.7 Å². The van der Waals surface area contributed by atoms with E-state index in [0.717, 1.165) is 23.0 Å². The van der Waals surface area contributed by atoms with Crippen LogP contribution in [-0.2, 0) is 23.9 Å². The summed E-state index contributed by atoms with van der Waals surface area (Å²) in [6, 6.07) is 0. The summed E-state index contributed by atoms with van der Waals surface area (Å²) in [5, 5.41) is 0. The van der Waals surface area contributed by atoms with Crippen molar-refractivity contribution >= 4 is 18.2 Å². The molecule has 0 unspecified atom stereocenters. The molecule has 0 spiro atoms. The van der Waals surface area contributed by atoms with Gasteiger partial charge < -0.3 is 9.47 Å². The Bertz CT molecular complexity index is 607. The third kappa shape index (κ3) is 5.18. The molecule has 0 bridgehead atoms. The van der Waals surface area contributed by atoms with Crippen LogP contribution in [0, 0.1) is 5.41 Å². The van der Waals surface area contributed by atoms with Gasteiger partial charge in [0.25, 0.3) is 0 Å². The van der Waals surface area contributed by atoms with Crippen molar-refractivity contribution in [1.29, 1.82) is 0 Å². The van der Waals surface area contributed by atoms with Crippen molar-refractivity contribution in [3.8, 4) is 0 Å². The molecule has 0 aliphatic heterocycles. The fourth-order valence-electron chi connectivity index (χ4n) is 3.08. The van der Waals surface area contributed by atoms with Crippen LogP contribution in [0.3, 0.4) is 0 Å². The zero-order valence-electron chi connectivity index (χ0n) is 15.2. The van der Waals surface area contributed by atoms with E-state index >= 15 is 0 Å². The zero-order valence-corrected chi connectivity index (χ0v) is 15.2. The normalized spacial score (nSPS) is 24.0. The van der Waals surface area contributed by atoms with E-state index in [1.54, 1.807) is 0 Å². The number of ether oxygens (including phenoxy) is 2. The molecule has 1 aliphatic carbocycles. The Labute approximate surface area is 143 Å². The first-order valence-corrected chi connectivity index (χ1v) is 7.94. The second-order valence-corrected chi connectivity index (χ2v) is 6.74. The Kier molecular flexibility index (Phi) is 6.70. The average Bonchev–Trinajstić information content (AvgIpc) is 2.41. The fraction of sp³-hybridized carbons (Fsp3) is 0.526. The molecule has 0 aromatic carbocycles. The summed E-state index contributed by atoms with van der Waals surface area (Å²) >= 11 is 0. The van der Waals surface area contributed by atoms with Gasteiger partial charge in [0.05, 0.1) is 0 Å². The summed E-state index contributed by atoms with van der Waals surface area (Å²) in [5.41, 5.74) is 2.42. The Morgan fingerprint density at radius 1 is 1.12 bits per heavy atom. The van der Waals surface area contributed by atoms with E-state index in [2.05, 4.69) is 13.8 Å². The largest absolute Gasteiger partial charge is 0.458 e. The first kappa shape index (κ1) is 19.9. The standard InChI is InChI=1S/C19H26O5/c1-12(9-10-20)7-8-16-13(2)18(24-15(4)22)17(23-14(3)21)11-19(16,5)6/h7-10,17-18H,11H2,1-6H3/b8-7+,12-9+/t17-,18+/m0/s1. The van der Waals surface area contributed by atoms with E-state index in [9.17, 15) is 14.4 Å².